The SMILES string of the molecule is O=C1CCc2cc(O[C@@H]3CCN(C(=O)C4CCOCC4)C[C@H]3O)ccc2N1. The van der Waals surface area contributed by atoms with Crippen molar-refractivity contribution in [1.82, 2.24) is 4.90 Å². The summed E-state index contributed by atoms with van der Waals surface area (Å²) in [5.74, 6) is 0.867. The summed E-state index contributed by atoms with van der Waals surface area (Å²) >= 11 is 0. The third kappa shape index (κ3) is 4.09. The number of anilines is 1. The Kier molecular flexibility index (Phi) is 5.31. The van der Waals surface area contributed by atoms with Crippen LogP contribution in [0.15, 0.2) is 18.2 Å². The molecule has 2 N–H and O–H groups in total. The van der Waals surface area contributed by atoms with Gasteiger partial charge in [0.1, 0.15) is 18.0 Å². The fraction of sp³-hybridized carbons (Fsp3) is 0.600. The number of aliphatic hydroxyl groups excluding tert-OH is 1. The van der Waals surface area contributed by atoms with E-state index in [1.54, 1.807) is 4.90 Å². The summed E-state index contributed by atoms with van der Waals surface area (Å²) in [6.45, 7) is 2.18. The van der Waals surface area contributed by atoms with Crippen molar-refractivity contribution in [3.63, 3.8) is 0 Å². The number of β-amino-alcohol motifs (C(OH)–C–C–N with tert-alkyl or cyclic N) is 1. The number of benzene rings is 1. The van der Waals surface area contributed by atoms with E-state index in [0.717, 1.165) is 24.1 Å². The standard InChI is InChI=1S/C20H26N2O5/c23-17-12-22(20(25)13-6-9-26-10-7-13)8-5-18(17)27-15-2-3-16-14(11-15)1-4-19(24)21-16/h2-3,11,13,17-18,23H,1,4-10,12H2,(H,21,24)/t17-,18-/m1/s1. The van der Waals surface area contributed by atoms with Gasteiger partial charge in [-0.15, -0.1) is 0 Å². The summed E-state index contributed by atoms with van der Waals surface area (Å²) in [4.78, 5) is 25.9. The lowest BCUT2D eigenvalue weighted by molar-refractivity contribution is -0.144. The molecule has 3 heterocycles. The Labute approximate surface area is 158 Å². The van der Waals surface area contributed by atoms with E-state index in [1.807, 2.05) is 18.2 Å². The van der Waals surface area contributed by atoms with Gasteiger partial charge in [-0.1, -0.05) is 0 Å². The number of nitrogens with zero attached hydrogens (tertiary/aromatic N) is 1. The summed E-state index contributed by atoms with van der Waals surface area (Å²) in [5, 5.41) is 13.4. The van der Waals surface area contributed by atoms with Crippen molar-refractivity contribution < 1.29 is 24.2 Å². The molecule has 0 radical (unpaired) electrons. The average Bonchev–Trinajstić information content (AvgIpc) is 2.69. The van der Waals surface area contributed by atoms with Crippen LogP contribution in [0.2, 0.25) is 0 Å². The average molecular weight is 374 g/mol. The van der Waals surface area contributed by atoms with Gasteiger partial charge >= 0.3 is 0 Å². The molecule has 0 aliphatic carbocycles. The van der Waals surface area contributed by atoms with Crippen molar-refractivity contribution in [2.45, 2.75) is 44.3 Å². The molecular weight excluding hydrogens is 348 g/mol. The second-order valence-corrected chi connectivity index (χ2v) is 7.55. The number of hydrogen-bond acceptors (Lipinski definition) is 5. The molecule has 146 valence electrons. The Morgan fingerprint density at radius 3 is 2.81 bits per heavy atom. The molecule has 1 aromatic carbocycles. The van der Waals surface area contributed by atoms with Crippen molar-refractivity contribution in [3.05, 3.63) is 23.8 Å². The van der Waals surface area contributed by atoms with Crippen LogP contribution in [-0.4, -0.2) is 60.3 Å². The van der Waals surface area contributed by atoms with Gasteiger partial charge in [-0.05, 0) is 43.0 Å². The topological polar surface area (TPSA) is 88.1 Å². The summed E-state index contributed by atoms with van der Waals surface area (Å²) in [7, 11) is 0. The maximum Gasteiger partial charge on any atom is 0.225 e. The minimum absolute atomic E-state index is 0.0132. The molecule has 2 fully saturated rings. The van der Waals surface area contributed by atoms with Crippen LogP contribution < -0.4 is 10.1 Å². The summed E-state index contributed by atoms with van der Waals surface area (Å²) in [6.07, 6.45) is 2.25. The van der Waals surface area contributed by atoms with Crippen molar-refractivity contribution >= 4 is 17.5 Å². The highest BCUT2D eigenvalue weighted by molar-refractivity contribution is 5.94. The van der Waals surface area contributed by atoms with E-state index in [2.05, 4.69) is 5.32 Å². The third-order valence-corrected chi connectivity index (χ3v) is 5.66. The highest BCUT2D eigenvalue weighted by Gasteiger charge is 2.34. The number of piperidine rings is 1. The minimum atomic E-state index is -0.710. The molecule has 2 amide bonds. The molecule has 3 aliphatic heterocycles. The number of ether oxygens (including phenoxy) is 2. The van der Waals surface area contributed by atoms with Crippen LogP contribution >= 0.6 is 0 Å². The van der Waals surface area contributed by atoms with Gasteiger partial charge in [-0.25, -0.2) is 0 Å². The van der Waals surface area contributed by atoms with Crippen molar-refractivity contribution in [1.29, 1.82) is 0 Å². The molecule has 0 bridgehead atoms. The molecule has 4 rings (SSSR count). The summed E-state index contributed by atoms with van der Waals surface area (Å²) in [6, 6.07) is 5.59. The number of aliphatic hydroxyl groups is 1. The Bertz CT molecular complexity index is 716. The Morgan fingerprint density at radius 1 is 1.22 bits per heavy atom. The van der Waals surface area contributed by atoms with E-state index in [0.29, 0.717) is 51.3 Å². The van der Waals surface area contributed by atoms with Crippen LogP contribution in [0.4, 0.5) is 5.69 Å². The van der Waals surface area contributed by atoms with Crippen LogP contribution in [0, 0.1) is 5.92 Å². The van der Waals surface area contributed by atoms with Gasteiger partial charge in [-0.3, -0.25) is 9.59 Å². The van der Waals surface area contributed by atoms with Gasteiger partial charge in [0, 0.05) is 44.2 Å². The number of carbonyl (C=O) groups excluding carboxylic acids is 2. The third-order valence-electron chi connectivity index (χ3n) is 5.66. The lowest BCUT2D eigenvalue weighted by Crippen LogP contribution is -2.52. The predicted molar refractivity (Wildman–Crippen MR) is 98.6 cm³/mol. The van der Waals surface area contributed by atoms with E-state index in [9.17, 15) is 14.7 Å². The number of likely N-dealkylation sites (tertiary alicyclic amines) is 1. The first kappa shape index (κ1) is 18.3. The van der Waals surface area contributed by atoms with Crippen LogP contribution in [0.25, 0.3) is 0 Å². The smallest absolute Gasteiger partial charge is 0.225 e. The van der Waals surface area contributed by atoms with Crippen LogP contribution in [0.5, 0.6) is 5.75 Å². The van der Waals surface area contributed by atoms with Gasteiger partial charge in [0.15, 0.2) is 0 Å². The summed E-state index contributed by atoms with van der Waals surface area (Å²) < 4.78 is 11.3. The zero-order chi connectivity index (χ0) is 18.8. The van der Waals surface area contributed by atoms with Gasteiger partial charge < -0.3 is 24.8 Å². The van der Waals surface area contributed by atoms with Crippen LogP contribution in [-0.2, 0) is 20.7 Å². The number of fused-ring (bicyclic) bond motifs is 1. The van der Waals surface area contributed by atoms with Crippen molar-refractivity contribution in [3.8, 4) is 5.75 Å². The second kappa shape index (κ2) is 7.86. The number of hydrogen-bond donors (Lipinski definition) is 2. The highest BCUT2D eigenvalue weighted by Crippen LogP contribution is 2.29. The second-order valence-electron chi connectivity index (χ2n) is 7.55. The fourth-order valence-electron chi connectivity index (χ4n) is 4.06. The first-order valence-corrected chi connectivity index (χ1v) is 9.74. The molecule has 7 heteroatoms. The minimum Gasteiger partial charge on any atom is -0.488 e. The number of carbonyl (C=O) groups is 2. The van der Waals surface area contributed by atoms with E-state index in [-0.39, 0.29) is 23.8 Å². The molecule has 7 nitrogen and oxygen atoms in total. The largest absolute Gasteiger partial charge is 0.488 e. The zero-order valence-electron chi connectivity index (χ0n) is 15.4. The number of aryl methyl sites for hydroxylation is 1. The molecule has 0 unspecified atom stereocenters. The van der Waals surface area contributed by atoms with E-state index in [1.165, 1.54) is 0 Å². The highest BCUT2D eigenvalue weighted by atomic mass is 16.5. The molecule has 0 saturated carbocycles. The van der Waals surface area contributed by atoms with Gasteiger partial charge in [0.05, 0.1) is 6.54 Å². The van der Waals surface area contributed by atoms with E-state index < -0.39 is 6.10 Å². The normalized spacial score (nSPS) is 26.3. The zero-order valence-corrected chi connectivity index (χ0v) is 15.4. The van der Waals surface area contributed by atoms with Crippen LogP contribution in [0.3, 0.4) is 0 Å². The Hall–Kier alpha value is -2.12. The number of rotatable bonds is 3. The molecule has 2 atom stereocenters. The first-order valence-electron chi connectivity index (χ1n) is 9.74. The maximum atomic E-state index is 12.6. The Balaban J connectivity index is 1.35. The predicted octanol–water partition coefficient (Wildman–Crippen LogP) is 1.34. The molecular formula is C20H26N2O5. The first-order chi connectivity index (χ1) is 13.1. The lowest BCUT2D eigenvalue weighted by Gasteiger charge is -2.38. The van der Waals surface area contributed by atoms with Crippen molar-refractivity contribution in [2.24, 2.45) is 5.92 Å². The van der Waals surface area contributed by atoms with E-state index in [4.69, 9.17) is 9.47 Å². The summed E-state index contributed by atoms with van der Waals surface area (Å²) in [5.41, 5.74) is 1.88. The molecule has 0 aromatic heterocycles. The molecule has 0 spiro atoms. The molecule has 2 saturated heterocycles. The van der Waals surface area contributed by atoms with Gasteiger partial charge in [0.25, 0.3) is 0 Å². The number of amides is 2. The fourth-order valence-corrected chi connectivity index (χ4v) is 4.06. The number of nitrogens with one attached hydrogen (secondary N) is 1. The maximum absolute atomic E-state index is 12.6. The lowest BCUT2D eigenvalue weighted by atomic mass is 9.96. The molecule has 1 aromatic rings. The monoisotopic (exact) mass is 374 g/mol. The molecule has 3 aliphatic rings. The van der Waals surface area contributed by atoms with Gasteiger partial charge in [0.2, 0.25) is 11.8 Å². The quantitative estimate of drug-likeness (QED) is 0.834. The van der Waals surface area contributed by atoms with Gasteiger partial charge in [-0.2, -0.15) is 0 Å². The van der Waals surface area contributed by atoms with Crippen molar-refractivity contribution in [2.75, 3.05) is 31.6 Å². The van der Waals surface area contributed by atoms with E-state index >= 15 is 0 Å². The molecule has 27 heavy (non-hydrogen) atoms. The van der Waals surface area contributed by atoms with Crippen LogP contribution in [0.1, 0.15) is 31.2 Å². The Morgan fingerprint density at radius 2 is 2.04 bits per heavy atom.